The molecule has 1 atom stereocenters. The Morgan fingerprint density at radius 3 is 2.00 bits per heavy atom. The van der Waals surface area contributed by atoms with Crippen LogP contribution >= 0.6 is 0 Å². The summed E-state index contributed by atoms with van der Waals surface area (Å²) in [5.41, 5.74) is 0.274. The summed E-state index contributed by atoms with van der Waals surface area (Å²) in [4.78, 5) is 0.228. The van der Waals surface area contributed by atoms with Crippen molar-refractivity contribution in [3.8, 4) is 0 Å². The van der Waals surface area contributed by atoms with Crippen LogP contribution in [0, 0.1) is 0 Å². The normalized spacial score (nSPS) is 14.3. The van der Waals surface area contributed by atoms with Crippen molar-refractivity contribution in [1.29, 1.82) is 0 Å². The lowest BCUT2D eigenvalue weighted by molar-refractivity contribution is 0.133. The summed E-state index contributed by atoms with van der Waals surface area (Å²) in [5, 5.41) is 12.8. The Kier molecular flexibility index (Phi) is 5.18. The lowest BCUT2D eigenvalue weighted by Crippen LogP contribution is -2.41. The van der Waals surface area contributed by atoms with E-state index in [9.17, 15) is 13.5 Å². The molecular formula is C14H24N2O3S. The number of benzene rings is 1. The van der Waals surface area contributed by atoms with Gasteiger partial charge in [0.2, 0.25) is 10.0 Å². The van der Waals surface area contributed by atoms with Crippen molar-refractivity contribution in [2.75, 3.05) is 5.32 Å². The summed E-state index contributed by atoms with van der Waals surface area (Å²) in [6, 6.07) is 6.33. The van der Waals surface area contributed by atoms with Gasteiger partial charge in [-0.2, -0.15) is 0 Å². The molecule has 1 unspecified atom stereocenters. The van der Waals surface area contributed by atoms with Crippen molar-refractivity contribution in [3.05, 3.63) is 24.3 Å². The topological polar surface area (TPSA) is 78.4 Å². The van der Waals surface area contributed by atoms with Crippen LogP contribution < -0.4 is 10.0 Å². The average Bonchev–Trinajstić information content (AvgIpc) is 2.27. The van der Waals surface area contributed by atoms with Gasteiger partial charge in [0.05, 0.1) is 16.5 Å². The molecule has 1 aromatic carbocycles. The zero-order chi connectivity index (χ0) is 15.6. The van der Waals surface area contributed by atoms with Crippen molar-refractivity contribution < 1.29 is 13.5 Å². The number of anilines is 1. The quantitative estimate of drug-likeness (QED) is 0.750. The fourth-order valence-electron chi connectivity index (χ4n) is 1.57. The molecule has 114 valence electrons. The monoisotopic (exact) mass is 300 g/mol. The molecule has 0 heterocycles. The Labute approximate surface area is 121 Å². The molecule has 20 heavy (non-hydrogen) atoms. The molecule has 0 radical (unpaired) electrons. The third-order valence-corrected chi connectivity index (χ3v) is 4.74. The maximum atomic E-state index is 12.0. The molecule has 0 aliphatic rings. The number of aliphatic hydroxyl groups is 1. The summed E-state index contributed by atoms with van der Waals surface area (Å²) in [7, 11) is -3.46. The number of hydrogen-bond acceptors (Lipinski definition) is 4. The number of hydrogen-bond donors (Lipinski definition) is 3. The Morgan fingerprint density at radius 2 is 1.60 bits per heavy atom. The van der Waals surface area contributed by atoms with Gasteiger partial charge in [-0.05, 0) is 58.9 Å². The standard InChI is InChI=1S/C14H24N2O3S/c1-10(2)16-20(18,19)13-8-6-12(7-9-13)15-14(4,5)11(3)17/h6-11,15-17H,1-5H3. The lowest BCUT2D eigenvalue weighted by Gasteiger charge is -2.30. The molecule has 0 amide bonds. The van der Waals surface area contributed by atoms with Gasteiger partial charge in [-0.3, -0.25) is 0 Å². The molecule has 5 nitrogen and oxygen atoms in total. The molecule has 0 spiro atoms. The van der Waals surface area contributed by atoms with Crippen LogP contribution in [-0.4, -0.2) is 31.2 Å². The van der Waals surface area contributed by atoms with Gasteiger partial charge in [-0.1, -0.05) is 0 Å². The number of nitrogens with one attached hydrogen (secondary N) is 2. The lowest BCUT2D eigenvalue weighted by atomic mass is 9.98. The molecule has 1 rings (SSSR count). The van der Waals surface area contributed by atoms with Crippen molar-refractivity contribution in [1.82, 2.24) is 4.72 Å². The molecule has 6 heteroatoms. The van der Waals surface area contributed by atoms with Crippen LogP contribution in [0.1, 0.15) is 34.6 Å². The average molecular weight is 300 g/mol. The first kappa shape index (κ1) is 16.9. The van der Waals surface area contributed by atoms with E-state index < -0.39 is 21.7 Å². The maximum absolute atomic E-state index is 12.0. The van der Waals surface area contributed by atoms with E-state index in [4.69, 9.17) is 0 Å². The van der Waals surface area contributed by atoms with Gasteiger partial charge in [0, 0.05) is 11.7 Å². The van der Waals surface area contributed by atoms with Crippen molar-refractivity contribution in [3.63, 3.8) is 0 Å². The predicted molar refractivity (Wildman–Crippen MR) is 81.3 cm³/mol. The molecule has 0 bridgehead atoms. The molecule has 0 saturated heterocycles. The summed E-state index contributed by atoms with van der Waals surface area (Å²) in [6.07, 6.45) is -0.534. The largest absolute Gasteiger partial charge is 0.391 e. The predicted octanol–water partition coefficient (Wildman–Crippen LogP) is 1.94. The van der Waals surface area contributed by atoms with Crippen LogP contribution in [0.25, 0.3) is 0 Å². The Bertz CT molecular complexity index is 534. The minimum absolute atomic E-state index is 0.146. The molecular weight excluding hydrogens is 276 g/mol. The van der Waals surface area contributed by atoms with Gasteiger partial charge in [0.25, 0.3) is 0 Å². The minimum atomic E-state index is -3.46. The number of rotatable bonds is 6. The molecule has 0 fully saturated rings. The van der Waals surface area contributed by atoms with Gasteiger partial charge in [-0.15, -0.1) is 0 Å². The Hall–Kier alpha value is -1.11. The van der Waals surface area contributed by atoms with Crippen LogP contribution in [0.15, 0.2) is 29.2 Å². The smallest absolute Gasteiger partial charge is 0.240 e. The Morgan fingerprint density at radius 1 is 1.10 bits per heavy atom. The van der Waals surface area contributed by atoms with E-state index in [2.05, 4.69) is 10.0 Å². The van der Waals surface area contributed by atoms with E-state index in [0.29, 0.717) is 0 Å². The number of sulfonamides is 1. The third-order valence-electron chi connectivity index (χ3n) is 3.07. The van der Waals surface area contributed by atoms with Crippen LogP contribution in [-0.2, 0) is 10.0 Å². The van der Waals surface area contributed by atoms with Crippen LogP contribution in [0.2, 0.25) is 0 Å². The summed E-state index contributed by atoms with van der Waals surface area (Å²) in [5.74, 6) is 0. The molecule has 1 aromatic rings. The molecule has 0 aliphatic carbocycles. The van der Waals surface area contributed by atoms with Gasteiger partial charge >= 0.3 is 0 Å². The first-order valence-electron chi connectivity index (χ1n) is 6.63. The highest BCUT2D eigenvalue weighted by molar-refractivity contribution is 7.89. The van der Waals surface area contributed by atoms with Gasteiger partial charge < -0.3 is 10.4 Å². The van der Waals surface area contributed by atoms with Crippen LogP contribution in [0.4, 0.5) is 5.69 Å². The second-order valence-corrected chi connectivity index (χ2v) is 7.54. The van der Waals surface area contributed by atoms with Crippen molar-refractivity contribution >= 4 is 15.7 Å². The second kappa shape index (κ2) is 6.11. The zero-order valence-electron chi connectivity index (χ0n) is 12.6. The fourth-order valence-corrected chi connectivity index (χ4v) is 2.82. The van der Waals surface area contributed by atoms with E-state index in [0.717, 1.165) is 5.69 Å². The fraction of sp³-hybridized carbons (Fsp3) is 0.571. The number of aliphatic hydroxyl groups excluding tert-OH is 1. The minimum Gasteiger partial charge on any atom is -0.391 e. The first-order chi connectivity index (χ1) is 9.04. The van der Waals surface area contributed by atoms with Gasteiger partial charge in [0.15, 0.2) is 0 Å². The van der Waals surface area contributed by atoms with Crippen molar-refractivity contribution in [2.45, 2.75) is 57.2 Å². The van der Waals surface area contributed by atoms with E-state index in [1.54, 1.807) is 45.0 Å². The SMILES string of the molecule is CC(C)NS(=O)(=O)c1ccc(NC(C)(C)C(C)O)cc1. The van der Waals surface area contributed by atoms with E-state index >= 15 is 0 Å². The molecule has 3 N–H and O–H groups in total. The molecule has 0 aromatic heterocycles. The highest BCUT2D eigenvalue weighted by Gasteiger charge is 2.23. The van der Waals surface area contributed by atoms with Crippen LogP contribution in [0.3, 0.4) is 0 Å². The van der Waals surface area contributed by atoms with E-state index in [1.165, 1.54) is 0 Å². The Balaban J connectivity index is 2.90. The van der Waals surface area contributed by atoms with E-state index in [-0.39, 0.29) is 10.9 Å². The molecule has 0 saturated carbocycles. The third kappa shape index (κ3) is 4.47. The van der Waals surface area contributed by atoms with E-state index in [1.807, 2.05) is 13.8 Å². The first-order valence-corrected chi connectivity index (χ1v) is 8.11. The summed E-state index contributed by atoms with van der Waals surface area (Å²) >= 11 is 0. The summed E-state index contributed by atoms with van der Waals surface area (Å²) < 4.78 is 26.5. The van der Waals surface area contributed by atoms with Gasteiger partial charge in [0.1, 0.15) is 0 Å². The van der Waals surface area contributed by atoms with Gasteiger partial charge in [-0.25, -0.2) is 13.1 Å². The summed E-state index contributed by atoms with van der Waals surface area (Å²) in [6.45, 7) is 9.01. The zero-order valence-corrected chi connectivity index (χ0v) is 13.5. The highest BCUT2D eigenvalue weighted by Crippen LogP contribution is 2.20. The van der Waals surface area contributed by atoms with Crippen molar-refractivity contribution in [2.24, 2.45) is 0 Å². The second-order valence-electron chi connectivity index (χ2n) is 5.82. The highest BCUT2D eigenvalue weighted by atomic mass is 32.2. The molecule has 0 aliphatic heterocycles. The van der Waals surface area contributed by atoms with Crippen LogP contribution in [0.5, 0.6) is 0 Å². The maximum Gasteiger partial charge on any atom is 0.240 e.